The quantitative estimate of drug-likeness (QED) is 0.511. The lowest BCUT2D eigenvalue weighted by molar-refractivity contribution is 0.0971. The zero-order valence-corrected chi connectivity index (χ0v) is 15.2. The SMILES string of the molecule is Cc1cc(C(=O)Cn2c(=O)cnc3ccccc32)c(C)n1Cc1ccco1. The number of para-hydroxylation sites is 2. The van der Waals surface area contributed by atoms with Crippen molar-refractivity contribution in [2.24, 2.45) is 0 Å². The Kier molecular flexibility index (Phi) is 4.24. The summed E-state index contributed by atoms with van der Waals surface area (Å²) in [5.41, 5.74) is 3.51. The molecule has 0 unspecified atom stereocenters. The standard InChI is InChI=1S/C21H19N3O3/c1-14-10-17(15(2)23(14)12-16-6-5-9-27-16)20(25)13-24-19-8-4-3-7-18(19)22-11-21(24)26/h3-11H,12-13H2,1-2H3. The molecule has 0 aliphatic carbocycles. The van der Waals surface area contributed by atoms with Crippen LogP contribution in [-0.2, 0) is 13.1 Å². The third kappa shape index (κ3) is 3.10. The minimum absolute atomic E-state index is 0.0209. The molecule has 27 heavy (non-hydrogen) atoms. The highest BCUT2D eigenvalue weighted by Crippen LogP contribution is 2.19. The van der Waals surface area contributed by atoms with E-state index < -0.39 is 0 Å². The summed E-state index contributed by atoms with van der Waals surface area (Å²) in [6, 6.07) is 12.9. The summed E-state index contributed by atoms with van der Waals surface area (Å²) in [5, 5.41) is 0. The maximum atomic E-state index is 13.0. The van der Waals surface area contributed by atoms with Gasteiger partial charge in [0.1, 0.15) is 5.76 Å². The molecule has 3 heterocycles. The number of hydrogen-bond donors (Lipinski definition) is 0. The predicted octanol–water partition coefficient (Wildman–Crippen LogP) is 3.34. The molecule has 0 bridgehead atoms. The lowest BCUT2D eigenvalue weighted by Crippen LogP contribution is -2.25. The normalized spacial score (nSPS) is 11.2. The summed E-state index contributed by atoms with van der Waals surface area (Å²) in [6.45, 7) is 4.42. The molecule has 0 radical (unpaired) electrons. The van der Waals surface area contributed by atoms with Gasteiger partial charge in [-0.15, -0.1) is 0 Å². The van der Waals surface area contributed by atoms with E-state index in [0.717, 1.165) is 17.1 Å². The van der Waals surface area contributed by atoms with Crippen molar-refractivity contribution >= 4 is 16.8 Å². The average Bonchev–Trinajstić information content (AvgIpc) is 3.28. The highest BCUT2D eigenvalue weighted by molar-refractivity contribution is 5.98. The zero-order chi connectivity index (χ0) is 19.0. The molecule has 0 aliphatic rings. The lowest BCUT2D eigenvalue weighted by Gasteiger charge is -2.10. The van der Waals surface area contributed by atoms with E-state index in [1.54, 1.807) is 12.3 Å². The van der Waals surface area contributed by atoms with Crippen LogP contribution in [0.5, 0.6) is 0 Å². The highest BCUT2D eigenvalue weighted by Gasteiger charge is 2.18. The van der Waals surface area contributed by atoms with E-state index in [2.05, 4.69) is 4.98 Å². The van der Waals surface area contributed by atoms with Gasteiger partial charge < -0.3 is 8.98 Å². The van der Waals surface area contributed by atoms with Crippen LogP contribution in [0.1, 0.15) is 27.5 Å². The first-order valence-electron chi connectivity index (χ1n) is 8.71. The first kappa shape index (κ1) is 17.0. The van der Waals surface area contributed by atoms with E-state index in [1.807, 2.05) is 54.8 Å². The Morgan fingerprint density at radius 3 is 2.70 bits per heavy atom. The molecule has 4 aromatic rings. The third-order valence-corrected chi connectivity index (χ3v) is 4.82. The van der Waals surface area contributed by atoms with Crippen LogP contribution in [0.2, 0.25) is 0 Å². The zero-order valence-electron chi connectivity index (χ0n) is 15.2. The van der Waals surface area contributed by atoms with E-state index >= 15 is 0 Å². The van der Waals surface area contributed by atoms with Crippen LogP contribution in [0.15, 0.2) is 64.1 Å². The van der Waals surface area contributed by atoms with Crippen molar-refractivity contribution in [3.05, 3.63) is 88.0 Å². The molecule has 1 aromatic carbocycles. The number of furan rings is 1. The fourth-order valence-corrected chi connectivity index (χ4v) is 3.39. The van der Waals surface area contributed by atoms with E-state index in [9.17, 15) is 9.59 Å². The molecule has 3 aromatic heterocycles. The molecule has 6 nitrogen and oxygen atoms in total. The number of nitrogens with zero attached hydrogens (tertiary/aromatic N) is 3. The number of Topliss-reactive ketones (excluding diaryl/α,β-unsaturated/α-hetero) is 1. The Morgan fingerprint density at radius 1 is 1.11 bits per heavy atom. The minimum atomic E-state index is -0.286. The van der Waals surface area contributed by atoms with E-state index in [4.69, 9.17) is 4.42 Å². The summed E-state index contributed by atoms with van der Waals surface area (Å²) in [6.07, 6.45) is 2.90. The van der Waals surface area contributed by atoms with Gasteiger partial charge in [0.2, 0.25) is 0 Å². The van der Waals surface area contributed by atoms with E-state index in [0.29, 0.717) is 23.1 Å². The van der Waals surface area contributed by atoms with Crippen molar-refractivity contribution in [3.63, 3.8) is 0 Å². The molecular weight excluding hydrogens is 342 g/mol. The van der Waals surface area contributed by atoms with Crippen LogP contribution < -0.4 is 5.56 Å². The van der Waals surface area contributed by atoms with Crippen LogP contribution in [0.4, 0.5) is 0 Å². The largest absolute Gasteiger partial charge is 0.467 e. The smallest absolute Gasteiger partial charge is 0.269 e. The summed E-state index contributed by atoms with van der Waals surface area (Å²) >= 11 is 0. The lowest BCUT2D eigenvalue weighted by atomic mass is 10.1. The second-order valence-corrected chi connectivity index (χ2v) is 6.54. The molecule has 0 atom stereocenters. The second-order valence-electron chi connectivity index (χ2n) is 6.54. The molecule has 0 saturated carbocycles. The third-order valence-electron chi connectivity index (χ3n) is 4.82. The van der Waals surface area contributed by atoms with E-state index in [1.165, 1.54) is 10.8 Å². The van der Waals surface area contributed by atoms with Crippen LogP contribution in [0, 0.1) is 13.8 Å². The minimum Gasteiger partial charge on any atom is -0.467 e. The first-order valence-corrected chi connectivity index (χ1v) is 8.71. The van der Waals surface area contributed by atoms with Gasteiger partial charge in [0.25, 0.3) is 5.56 Å². The van der Waals surface area contributed by atoms with Gasteiger partial charge in [-0.25, -0.2) is 4.98 Å². The van der Waals surface area contributed by atoms with Crippen LogP contribution in [-0.4, -0.2) is 19.9 Å². The van der Waals surface area contributed by atoms with Gasteiger partial charge in [0.05, 0.1) is 36.6 Å². The maximum absolute atomic E-state index is 13.0. The number of carbonyl (C=O) groups is 1. The molecule has 0 saturated heterocycles. The van der Waals surface area contributed by atoms with E-state index in [-0.39, 0.29) is 17.9 Å². The Morgan fingerprint density at radius 2 is 1.93 bits per heavy atom. The van der Waals surface area contributed by atoms with Gasteiger partial charge in [-0.3, -0.25) is 14.2 Å². The number of aryl methyl sites for hydroxylation is 1. The summed E-state index contributed by atoms with van der Waals surface area (Å²) < 4.78 is 8.94. The highest BCUT2D eigenvalue weighted by atomic mass is 16.3. The molecule has 0 amide bonds. The van der Waals surface area contributed by atoms with Gasteiger partial charge in [0, 0.05) is 17.0 Å². The summed E-state index contributed by atoms with van der Waals surface area (Å²) in [5.74, 6) is 0.722. The topological polar surface area (TPSA) is 70.0 Å². The molecule has 0 spiro atoms. The summed E-state index contributed by atoms with van der Waals surface area (Å²) in [7, 11) is 0. The molecule has 0 aliphatic heterocycles. The van der Waals surface area contributed by atoms with Crippen molar-refractivity contribution < 1.29 is 9.21 Å². The predicted molar refractivity (Wildman–Crippen MR) is 102 cm³/mol. The Balaban J connectivity index is 1.69. The molecule has 4 rings (SSSR count). The molecule has 0 N–H and O–H groups in total. The number of carbonyl (C=O) groups excluding carboxylic acids is 1. The number of benzene rings is 1. The molecular formula is C21H19N3O3. The number of aromatic nitrogens is 3. The van der Waals surface area contributed by atoms with Crippen molar-refractivity contribution in [3.8, 4) is 0 Å². The van der Waals surface area contributed by atoms with Gasteiger partial charge in [-0.2, -0.15) is 0 Å². The Hall–Kier alpha value is -3.41. The summed E-state index contributed by atoms with van der Waals surface area (Å²) in [4.78, 5) is 29.4. The fourth-order valence-electron chi connectivity index (χ4n) is 3.39. The number of rotatable bonds is 5. The number of ketones is 1. The van der Waals surface area contributed by atoms with Crippen molar-refractivity contribution in [2.45, 2.75) is 26.9 Å². The van der Waals surface area contributed by atoms with Crippen molar-refractivity contribution in [1.29, 1.82) is 0 Å². The second kappa shape index (κ2) is 6.72. The number of fused-ring (bicyclic) bond motifs is 1. The average molecular weight is 361 g/mol. The van der Waals surface area contributed by atoms with Crippen LogP contribution >= 0.6 is 0 Å². The molecule has 136 valence electrons. The fraction of sp³-hybridized carbons (Fsp3) is 0.190. The van der Waals surface area contributed by atoms with Crippen molar-refractivity contribution in [2.75, 3.05) is 0 Å². The first-order chi connectivity index (χ1) is 13.0. The van der Waals surface area contributed by atoms with Crippen molar-refractivity contribution in [1.82, 2.24) is 14.1 Å². The Bertz CT molecular complexity index is 1180. The van der Waals surface area contributed by atoms with Crippen LogP contribution in [0.25, 0.3) is 11.0 Å². The maximum Gasteiger partial charge on any atom is 0.269 e. The molecule has 0 fully saturated rings. The monoisotopic (exact) mass is 361 g/mol. The Labute approximate surface area is 155 Å². The van der Waals surface area contributed by atoms with Gasteiger partial charge in [-0.1, -0.05) is 12.1 Å². The van der Waals surface area contributed by atoms with Gasteiger partial charge in [0.15, 0.2) is 5.78 Å². The van der Waals surface area contributed by atoms with Gasteiger partial charge >= 0.3 is 0 Å². The number of hydrogen-bond acceptors (Lipinski definition) is 4. The van der Waals surface area contributed by atoms with Crippen LogP contribution in [0.3, 0.4) is 0 Å². The molecule has 6 heteroatoms. The van der Waals surface area contributed by atoms with Gasteiger partial charge in [-0.05, 0) is 44.2 Å².